The minimum Gasteiger partial charge on any atom is -0.451 e. The average Bonchev–Trinajstić information content (AvgIpc) is 3.44. The van der Waals surface area contributed by atoms with Crippen LogP contribution in [-0.2, 0) is 9.53 Å². The first-order chi connectivity index (χ1) is 12.5. The van der Waals surface area contributed by atoms with Crippen LogP contribution >= 0.6 is 0 Å². The smallest absolute Gasteiger partial charge is 0.361 e. The number of hydrogen-bond acceptors (Lipinski definition) is 7. The fourth-order valence-corrected chi connectivity index (χ4v) is 2.14. The summed E-state index contributed by atoms with van der Waals surface area (Å²) in [5, 5.41) is 5.43. The average molecular weight is 355 g/mol. The van der Waals surface area contributed by atoms with E-state index in [-0.39, 0.29) is 23.5 Å². The number of benzene rings is 1. The van der Waals surface area contributed by atoms with Gasteiger partial charge in [0.15, 0.2) is 18.1 Å². The van der Waals surface area contributed by atoms with Gasteiger partial charge in [-0.1, -0.05) is 6.07 Å². The lowest BCUT2D eigenvalue weighted by atomic mass is 10.2. The Morgan fingerprint density at radius 2 is 1.96 bits per heavy atom. The Balaban J connectivity index is 1.54. The summed E-state index contributed by atoms with van der Waals surface area (Å²) in [7, 11) is 0. The molecule has 2 amide bonds. The van der Waals surface area contributed by atoms with Crippen molar-refractivity contribution in [3.8, 4) is 0 Å². The number of anilines is 2. The lowest BCUT2D eigenvalue weighted by Crippen LogP contribution is -2.25. The van der Waals surface area contributed by atoms with E-state index in [2.05, 4.69) is 20.6 Å². The Bertz CT molecular complexity index is 851. The molecule has 1 fully saturated rings. The quantitative estimate of drug-likeness (QED) is 0.650. The van der Waals surface area contributed by atoms with Crippen LogP contribution < -0.4 is 16.4 Å². The molecule has 1 heterocycles. The molecule has 1 saturated carbocycles. The Hall–Kier alpha value is -3.49. The van der Waals surface area contributed by atoms with Crippen molar-refractivity contribution in [2.24, 2.45) is 0 Å². The number of nitrogen functional groups attached to an aromatic ring is 1. The molecule has 134 valence electrons. The van der Waals surface area contributed by atoms with E-state index in [0.29, 0.717) is 11.3 Å². The molecule has 0 aliphatic heterocycles. The number of rotatable bonds is 6. The molecule has 4 N–H and O–H groups in total. The van der Waals surface area contributed by atoms with Crippen LogP contribution in [0.15, 0.2) is 36.7 Å². The number of nitrogens with two attached hydrogens (primary N) is 1. The molecule has 1 aromatic heterocycles. The van der Waals surface area contributed by atoms with Crippen molar-refractivity contribution in [2.45, 2.75) is 18.9 Å². The Labute approximate surface area is 149 Å². The third-order valence-corrected chi connectivity index (χ3v) is 3.58. The second kappa shape index (κ2) is 7.60. The highest BCUT2D eigenvalue weighted by atomic mass is 16.5. The fraction of sp³-hybridized carbons (Fsp3) is 0.235. The number of nitrogens with one attached hydrogen (secondary N) is 2. The van der Waals surface area contributed by atoms with Crippen LogP contribution in [0.5, 0.6) is 0 Å². The van der Waals surface area contributed by atoms with Gasteiger partial charge in [0, 0.05) is 29.7 Å². The molecule has 9 nitrogen and oxygen atoms in total. The minimum absolute atomic E-state index is 0.0766. The molecule has 2 aromatic rings. The van der Waals surface area contributed by atoms with Crippen molar-refractivity contribution in [1.82, 2.24) is 15.3 Å². The molecule has 0 spiro atoms. The minimum atomic E-state index is -0.844. The number of carbonyl (C=O) groups excluding carboxylic acids is 3. The van der Waals surface area contributed by atoms with E-state index in [9.17, 15) is 14.4 Å². The summed E-state index contributed by atoms with van der Waals surface area (Å²) in [6.45, 7) is -0.520. The van der Waals surface area contributed by atoms with E-state index in [4.69, 9.17) is 10.5 Å². The predicted octanol–water partition coefficient (Wildman–Crippen LogP) is 0.746. The number of hydrogen-bond donors (Lipinski definition) is 3. The highest BCUT2D eigenvalue weighted by Gasteiger charge is 2.23. The molecule has 26 heavy (non-hydrogen) atoms. The van der Waals surface area contributed by atoms with Gasteiger partial charge < -0.3 is 21.1 Å². The summed E-state index contributed by atoms with van der Waals surface area (Å²) >= 11 is 0. The maximum absolute atomic E-state index is 12.0. The van der Waals surface area contributed by atoms with Crippen molar-refractivity contribution < 1.29 is 19.1 Å². The maximum atomic E-state index is 12.0. The molecule has 3 rings (SSSR count). The molecule has 9 heteroatoms. The van der Waals surface area contributed by atoms with Gasteiger partial charge in [0.25, 0.3) is 11.8 Å². The topological polar surface area (TPSA) is 136 Å². The first kappa shape index (κ1) is 17.3. The maximum Gasteiger partial charge on any atom is 0.361 e. The van der Waals surface area contributed by atoms with Crippen LogP contribution in [0, 0.1) is 0 Å². The van der Waals surface area contributed by atoms with E-state index in [0.717, 1.165) is 12.8 Å². The summed E-state index contributed by atoms with van der Waals surface area (Å²) in [6, 6.07) is 6.74. The van der Waals surface area contributed by atoms with E-state index in [1.54, 1.807) is 24.3 Å². The molecule has 0 saturated heterocycles. The zero-order valence-electron chi connectivity index (χ0n) is 13.8. The van der Waals surface area contributed by atoms with Crippen LogP contribution in [0.2, 0.25) is 0 Å². The van der Waals surface area contributed by atoms with Gasteiger partial charge in [0.1, 0.15) is 0 Å². The normalized spacial score (nSPS) is 12.9. The monoisotopic (exact) mass is 355 g/mol. The zero-order valence-corrected chi connectivity index (χ0v) is 13.8. The first-order valence-corrected chi connectivity index (χ1v) is 7.97. The van der Waals surface area contributed by atoms with E-state index in [1.165, 1.54) is 12.4 Å². The van der Waals surface area contributed by atoms with Gasteiger partial charge in [-0.3, -0.25) is 9.59 Å². The van der Waals surface area contributed by atoms with Crippen LogP contribution in [0.1, 0.15) is 33.7 Å². The van der Waals surface area contributed by atoms with Gasteiger partial charge in [0.05, 0.1) is 0 Å². The summed E-state index contributed by atoms with van der Waals surface area (Å²) in [5.41, 5.74) is 6.24. The number of esters is 1. The molecule has 1 aromatic carbocycles. The van der Waals surface area contributed by atoms with Crippen LogP contribution in [0.3, 0.4) is 0 Å². The summed E-state index contributed by atoms with van der Waals surface area (Å²) in [4.78, 5) is 43.3. The number of aromatic nitrogens is 2. The molecule has 0 bridgehead atoms. The van der Waals surface area contributed by atoms with Crippen LogP contribution in [0.4, 0.5) is 11.5 Å². The second-order valence-corrected chi connectivity index (χ2v) is 5.74. The molecular weight excluding hydrogens is 338 g/mol. The van der Waals surface area contributed by atoms with E-state index < -0.39 is 18.5 Å². The molecular formula is C17H17N5O4. The zero-order chi connectivity index (χ0) is 18.5. The standard InChI is InChI=1S/C17H17N5O4/c18-15-14(19-6-7-20-15)17(25)26-9-13(23)21-12-3-1-2-10(8-12)16(24)22-11-4-5-11/h1-3,6-8,11H,4-5,9H2,(H2,18,20)(H,21,23)(H,22,24). The van der Waals surface area contributed by atoms with E-state index >= 15 is 0 Å². The third kappa shape index (κ3) is 4.53. The molecule has 0 atom stereocenters. The number of nitrogens with zero attached hydrogens (tertiary/aromatic N) is 2. The Morgan fingerprint density at radius 3 is 2.69 bits per heavy atom. The predicted molar refractivity (Wildman–Crippen MR) is 92.3 cm³/mol. The number of amides is 2. The van der Waals surface area contributed by atoms with Crippen molar-refractivity contribution in [2.75, 3.05) is 17.7 Å². The molecule has 0 radical (unpaired) electrons. The van der Waals surface area contributed by atoms with E-state index in [1.807, 2.05) is 0 Å². The molecule has 1 aliphatic carbocycles. The van der Waals surface area contributed by atoms with Gasteiger partial charge >= 0.3 is 5.97 Å². The Morgan fingerprint density at radius 1 is 1.19 bits per heavy atom. The molecule has 1 aliphatic rings. The van der Waals surface area contributed by atoms with Crippen molar-refractivity contribution >= 4 is 29.3 Å². The second-order valence-electron chi connectivity index (χ2n) is 5.74. The van der Waals surface area contributed by atoms with Crippen molar-refractivity contribution in [3.05, 3.63) is 47.9 Å². The van der Waals surface area contributed by atoms with Gasteiger partial charge in [-0.15, -0.1) is 0 Å². The molecule has 0 unspecified atom stereocenters. The van der Waals surface area contributed by atoms with Gasteiger partial charge in [-0.05, 0) is 31.0 Å². The Kier molecular flexibility index (Phi) is 5.07. The number of ether oxygens (including phenoxy) is 1. The fourth-order valence-electron chi connectivity index (χ4n) is 2.14. The largest absolute Gasteiger partial charge is 0.451 e. The third-order valence-electron chi connectivity index (χ3n) is 3.58. The highest BCUT2D eigenvalue weighted by Crippen LogP contribution is 2.20. The lowest BCUT2D eigenvalue weighted by molar-refractivity contribution is -0.119. The lowest BCUT2D eigenvalue weighted by Gasteiger charge is -2.09. The van der Waals surface area contributed by atoms with Gasteiger partial charge in [-0.2, -0.15) is 0 Å². The number of carbonyl (C=O) groups is 3. The van der Waals surface area contributed by atoms with Crippen LogP contribution in [0.25, 0.3) is 0 Å². The van der Waals surface area contributed by atoms with Crippen molar-refractivity contribution in [3.63, 3.8) is 0 Å². The van der Waals surface area contributed by atoms with Crippen LogP contribution in [-0.4, -0.2) is 40.4 Å². The van der Waals surface area contributed by atoms with Gasteiger partial charge in [-0.25, -0.2) is 14.8 Å². The summed E-state index contributed by atoms with van der Waals surface area (Å²) in [6.07, 6.45) is 4.62. The first-order valence-electron chi connectivity index (χ1n) is 7.97. The summed E-state index contributed by atoms with van der Waals surface area (Å²) in [5.74, 6) is -1.66. The highest BCUT2D eigenvalue weighted by molar-refractivity contribution is 5.99. The summed E-state index contributed by atoms with van der Waals surface area (Å²) < 4.78 is 4.87. The van der Waals surface area contributed by atoms with Crippen molar-refractivity contribution in [1.29, 1.82) is 0 Å². The SMILES string of the molecule is Nc1nccnc1C(=O)OCC(=O)Nc1cccc(C(=O)NC2CC2)c1. The van der Waals surface area contributed by atoms with Gasteiger partial charge in [0.2, 0.25) is 0 Å².